The molecule has 4 heteroatoms. The van der Waals surface area contributed by atoms with Crippen LogP contribution in [0.5, 0.6) is 0 Å². The molecular formula is C15H17N3O. The van der Waals surface area contributed by atoms with E-state index in [2.05, 4.69) is 35.5 Å². The average molecular weight is 255 g/mol. The van der Waals surface area contributed by atoms with E-state index < -0.39 is 0 Å². The first-order chi connectivity index (χ1) is 9.19. The lowest BCUT2D eigenvalue weighted by Crippen LogP contribution is -2.03. The summed E-state index contributed by atoms with van der Waals surface area (Å²) in [6.07, 6.45) is 3.56. The Bertz CT molecular complexity index is 724. The fourth-order valence-corrected chi connectivity index (χ4v) is 2.31. The van der Waals surface area contributed by atoms with Gasteiger partial charge in [0.1, 0.15) is 5.76 Å². The summed E-state index contributed by atoms with van der Waals surface area (Å²) in [5, 5.41) is 0. The number of fused-ring (bicyclic) bond motifs is 1. The molecule has 0 aliphatic heterocycles. The highest BCUT2D eigenvalue weighted by molar-refractivity contribution is 5.77. The van der Waals surface area contributed by atoms with Crippen molar-refractivity contribution in [3.8, 4) is 0 Å². The number of imidazole rings is 1. The molecule has 2 aromatic heterocycles. The topological polar surface area (TPSA) is 57.0 Å². The number of aryl methyl sites for hydroxylation is 2. The molecule has 0 fully saturated rings. The van der Waals surface area contributed by atoms with Crippen LogP contribution < -0.4 is 5.73 Å². The molecule has 2 N–H and O–H groups in total. The Labute approximate surface area is 111 Å². The van der Waals surface area contributed by atoms with Gasteiger partial charge in [-0.2, -0.15) is 0 Å². The molecule has 0 aliphatic rings. The van der Waals surface area contributed by atoms with Crippen molar-refractivity contribution >= 4 is 11.0 Å². The van der Waals surface area contributed by atoms with E-state index in [0.29, 0.717) is 6.54 Å². The van der Waals surface area contributed by atoms with Crippen LogP contribution in [0.4, 0.5) is 0 Å². The SMILES string of the molecule is Cc1cc2ncn(Cc3ccoc3CN)c2cc1C. The maximum absolute atomic E-state index is 5.66. The molecule has 19 heavy (non-hydrogen) atoms. The molecule has 0 radical (unpaired) electrons. The summed E-state index contributed by atoms with van der Waals surface area (Å²) in [6.45, 7) is 5.39. The number of benzene rings is 1. The molecule has 4 nitrogen and oxygen atoms in total. The Morgan fingerprint density at radius 1 is 1.26 bits per heavy atom. The van der Waals surface area contributed by atoms with Crippen molar-refractivity contribution in [1.82, 2.24) is 9.55 Å². The number of nitrogens with two attached hydrogens (primary N) is 1. The van der Waals surface area contributed by atoms with Crippen LogP contribution in [0.15, 0.2) is 35.2 Å². The van der Waals surface area contributed by atoms with Crippen LogP contribution >= 0.6 is 0 Å². The van der Waals surface area contributed by atoms with Gasteiger partial charge in [0.2, 0.25) is 0 Å². The molecule has 0 atom stereocenters. The largest absolute Gasteiger partial charge is 0.468 e. The summed E-state index contributed by atoms with van der Waals surface area (Å²) in [5.74, 6) is 0.839. The third-order valence-electron chi connectivity index (χ3n) is 3.60. The molecule has 0 aliphatic carbocycles. The predicted octanol–water partition coefficient (Wildman–Crippen LogP) is 2.75. The van der Waals surface area contributed by atoms with Gasteiger partial charge in [0.05, 0.1) is 36.7 Å². The van der Waals surface area contributed by atoms with E-state index in [9.17, 15) is 0 Å². The smallest absolute Gasteiger partial charge is 0.122 e. The second-order valence-electron chi connectivity index (χ2n) is 4.87. The Balaban J connectivity index is 2.04. The Kier molecular flexibility index (Phi) is 2.87. The van der Waals surface area contributed by atoms with Gasteiger partial charge < -0.3 is 14.7 Å². The molecular weight excluding hydrogens is 238 g/mol. The lowest BCUT2D eigenvalue weighted by Gasteiger charge is -2.06. The molecule has 1 aromatic carbocycles. The summed E-state index contributed by atoms with van der Waals surface area (Å²) in [5.41, 5.74) is 11.5. The Morgan fingerprint density at radius 2 is 2.05 bits per heavy atom. The molecule has 0 bridgehead atoms. The maximum atomic E-state index is 5.66. The highest BCUT2D eigenvalue weighted by Crippen LogP contribution is 2.20. The molecule has 3 rings (SSSR count). The van der Waals surface area contributed by atoms with Crippen molar-refractivity contribution in [2.45, 2.75) is 26.9 Å². The standard InChI is InChI=1S/C15H17N3O/c1-10-5-13-14(6-11(10)2)18(9-17-13)8-12-3-4-19-15(12)7-16/h3-6,9H,7-8,16H2,1-2H3. The summed E-state index contributed by atoms with van der Waals surface area (Å²) < 4.78 is 7.49. The summed E-state index contributed by atoms with van der Waals surface area (Å²) in [7, 11) is 0. The first-order valence-corrected chi connectivity index (χ1v) is 6.36. The van der Waals surface area contributed by atoms with E-state index >= 15 is 0 Å². The summed E-state index contributed by atoms with van der Waals surface area (Å²) in [4.78, 5) is 4.46. The van der Waals surface area contributed by atoms with Gasteiger partial charge in [0.15, 0.2) is 0 Å². The first-order valence-electron chi connectivity index (χ1n) is 6.36. The van der Waals surface area contributed by atoms with Crippen LogP contribution in [0.3, 0.4) is 0 Å². The minimum atomic E-state index is 0.424. The van der Waals surface area contributed by atoms with E-state index in [1.165, 1.54) is 11.1 Å². The van der Waals surface area contributed by atoms with Crippen molar-refractivity contribution in [1.29, 1.82) is 0 Å². The second-order valence-corrected chi connectivity index (χ2v) is 4.87. The number of aromatic nitrogens is 2. The third-order valence-corrected chi connectivity index (χ3v) is 3.60. The van der Waals surface area contributed by atoms with Crippen molar-refractivity contribution in [2.24, 2.45) is 5.73 Å². The highest BCUT2D eigenvalue weighted by atomic mass is 16.3. The van der Waals surface area contributed by atoms with Crippen LogP contribution in [0.25, 0.3) is 11.0 Å². The predicted molar refractivity (Wildman–Crippen MR) is 74.9 cm³/mol. The molecule has 2 heterocycles. The minimum absolute atomic E-state index is 0.424. The van der Waals surface area contributed by atoms with Gasteiger partial charge in [-0.1, -0.05) is 0 Å². The maximum Gasteiger partial charge on any atom is 0.122 e. The van der Waals surface area contributed by atoms with E-state index in [1.54, 1.807) is 6.26 Å². The van der Waals surface area contributed by atoms with Crippen molar-refractivity contribution < 1.29 is 4.42 Å². The quantitative estimate of drug-likeness (QED) is 0.783. The molecule has 0 unspecified atom stereocenters. The minimum Gasteiger partial charge on any atom is -0.468 e. The summed E-state index contributed by atoms with van der Waals surface area (Å²) in [6, 6.07) is 6.27. The lowest BCUT2D eigenvalue weighted by atomic mass is 10.1. The molecule has 3 aromatic rings. The molecule has 0 amide bonds. The second kappa shape index (κ2) is 4.55. The third kappa shape index (κ3) is 2.04. The number of hydrogen-bond acceptors (Lipinski definition) is 3. The number of furan rings is 1. The van der Waals surface area contributed by atoms with Gasteiger partial charge in [-0.05, 0) is 43.2 Å². The van der Waals surface area contributed by atoms with E-state index in [0.717, 1.165) is 28.9 Å². The van der Waals surface area contributed by atoms with Crippen LogP contribution in [0.2, 0.25) is 0 Å². The van der Waals surface area contributed by atoms with E-state index in [1.807, 2.05) is 12.4 Å². The number of hydrogen-bond donors (Lipinski definition) is 1. The molecule has 98 valence electrons. The average Bonchev–Trinajstić information content (AvgIpc) is 2.99. The number of nitrogens with zero attached hydrogens (tertiary/aromatic N) is 2. The summed E-state index contributed by atoms with van der Waals surface area (Å²) >= 11 is 0. The van der Waals surface area contributed by atoms with Crippen LogP contribution in [-0.2, 0) is 13.1 Å². The molecule has 0 saturated heterocycles. The van der Waals surface area contributed by atoms with Gasteiger partial charge in [-0.25, -0.2) is 4.98 Å². The Hall–Kier alpha value is -2.07. The van der Waals surface area contributed by atoms with Crippen molar-refractivity contribution in [3.63, 3.8) is 0 Å². The van der Waals surface area contributed by atoms with Crippen LogP contribution in [0, 0.1) is 13.8 Å². The molecule has 0 saturated carbocycles. The van der Waals surface area contributed by atoms with E-state index in [-0.39, 0.29) is 0 Å². The lowest BCUT2D eigenvalue weighted by molar-refractivity contribution is 0.506. The van der Waals surface area contributed by atoms with Crippen LogP contribution in [0.1, 0.15) is 22.5 Å². The highest BCUT2D eigenvalue weighted by Gasteiger charge is 2.09. The monoisotopic (exact) mass is 255 g/mol. The van der Waals surface area contributed by atoms with Gasteiger partial charge in [-0.3, -0.25) is 0 Å². The van der Waals surface area contributed by atoms with Crippen molar-refractivity contribution in [3.05, 3.63) is 53.2 Å². The van der Waals surface area contributed by atoms with E-state index in [4.69, 9.17) is 10.2 Å². The van der Waals surface area contributed by atoms with Gasteiger partial charge in [0.25, 0.3) is 0 Å². The fraction of sp³-hybridized carbons (Fsp3) is 0.267. The fourth-order valence-electron chi connectivity index (χ4n) is 2.31. The van der Waals surface area contributed by atoms with Gasteiger partial charge >= 0.3 is 0 Å². The zero-order valence-electron chi connectivity index (χ0n) is 11.2. The van der Waals surface area contributed by atoms with Crippen molar-refractivity contribution in [2.75, 3.05) is 0 Å². The first kappa shape index (κ1) is 12.0. The Morgan fingerprint density at radius 3 is 2.84 bits per heavy atom. The molecule has 0 spiro atoms. The van der Waals surface area contributed by atoms with Gasteiger partial charge in [-0.15, -0.1) is 0 Å². The number of rotatable bonds is 3. The zero-order valence-corrected chi connectivity index (χ0v) is 11.2. The normalized spacial score (nSPS) is 11.3. The van der Waals surface area contributed by atoms with Gasteiger partial charge in [0, 0.05) is 5.56 Å². The van der Waals surface area contributed by atoms with Crippen LogP contribution in [-0.4, -0.2) is 9.55 Å². The zero-order chi connectivity index (χ0) is 13.4.